The number of rotatable bonds is 8. The van der Waals surface area contributed by atoms with Crippen molar-refractivity contribution in [2.75, 3.05) is 19.9 Å². The highest BCUT2D eigenvalue weighted by Crippen LogP contribution is 2.30. The molecule has 2 saturated heterocycles. The second-order valence-corrected chi connectivity index (χ2v) is 9.87. The molecule has 0 spiro atoms. The molecule has 2 aliphatic heterocycles. The van der Waals surface area contributed by atoms with Crippen LogP contribution in [0, 0.1) is 5.92 Å². The number of aliphatic hydroxyl groups is 3. The number of methoxy groups -OCH3 is 1. The quantitative estimate of drug-likeness (QED) is 0.239. The first-order chi connectivity index (χ1) is 14.7. The SMILES string of the molecule is COC(=O)CC[C@H]1CCN[C@H](C(=O)N[C@H]([C@H](C)Cl)[C@H]2OC(SC)[C@H](O)C(O)C2O)CC1. The number of thioether (sulfide) groups is 1. The smallest absolute Gasteiger partial charge is 0.305 e. The van der Waals surface area contributed by atoms with Crippen LogP contribution in [0.5, 0.6) is 0 Å². The minimum atomic E-state index is -1.41. The van der Waals surface area contributed by atoms with Gasteiger partial charge in [-0.15, -0.1) is 23.4 Å². The van der Waals surface area contributed by atoms with Crippen LogP contribution in [-0.4, -0.2) is 94.4 Å². The highest BCUT2D eigenvalue weighted by Gasteiger charge is 2.48. The van der Waals surface area contributed by atoms with Crippen LogP contribution in [0.4, 0.5) is 0 Å². The van der Waals surface area contributed by atoms with Gasteiger partial charge in [0.05, 0.1) is 24.6 Å². The molecule has 0 saturated carbocycles. The van der Waals surface area contributed by atoms with Crippen molar-refractivity contribution < 1.29 is 34.4 Å². The predicted octanol–water partition coefficient (Wildman–Crippen LogP) is -0.0194. The Morgan fingerprint density at radius 3 is 2.55 bits per heavy atom. The summed E-state index contributed by atoms with van der Waals surface area (Å²) in [4.78, 5) is 24.4. The zero-order valence-electron chi connectivity index (χ0n) is 18.2. The fourth-order valence-corrected chi connectivity index (χ4v) is 5.02. The third-order valence-corrected chi connectivity index (χ3v) is 7.23. The van der Waals surface area contributed by atoms with E-state index in [1.165, 1.54) is 18.9 Å². The monoisotopic (exact) mass is 482 g/mol. The first-order valence-electron chi connectivity index (χ1n) is 10.7. The lowest BCUT2D eigenvalue weighted by molar-refractivity contribution is -0.205. The summed E-state index contributed by atoms with van der Waals surface area (Å²) in [5.74, 6) is -0.162. The van der Waals surface area contributed by atoms with Crippen LogP contribution >= 0.6 is 23.4 Å². The summed E-state index contributed by atoms with van der Waals surface area (Å²) in [7, 11) is 1.37. The average molecular weight is 483 g/mol. The Hall–Kier alpha value is -0.620. The zero-order chi connectivity index (χ0) is 23.1. The van der Waals surface area contributed by atoms with E-state index in [1.807, 2.05) is 0 Å². The van der Waals surface area contributed by atoms with E-state index in [0.717, 1.165) is 19.3 Å². The van der Waals surface area contributed by atoms with Crippen LogP contribution in [-0.2, 0) is 19.1 Å². The number of esters is 1. The van der Waals surface area contributed by atoms with Crippen molar-refractivity contribution in [3.05, 3.63) is 0 Å². The molecule has 2 fully saturated rings. The summed E-state index contributed by atoms with van der Waals surface area (Å²) in [5.41, 5.74) is -0.746. The van der Waals surface area contributed by atoms with Crippen molar-refractivity contribution in [2.45, 2.75) is 86.3 Å². The van der Waals surface area contributed by atoms with Crippen LogP contribution in [0.25, 0.3) is 0 Å². The Labute approximate surface area is 192 Å². The molecule has 11 heteroatoms. The van der Waals surface area contributed by atoms with Crippen molar-refractivity contribution in [3.63, 3.8) is 0 Å². The van der Waals surface area contributed by atoms with E-state index in [2.05, 4.69) is 10.6 Å². The van der Waals surface area contributed by atoms with Gasteiger partial charge in [-0.05, 0) is 51.3 Å². The summed E-state index contributed by atoms with van der Waals surface area (Å²) < 4.78 is 10.5. The van der Waals surface area contributed by atoms with E-state index < -0.39 is 47.3 Å². The van der Waals surface area contributed by atoms with Gasteiger partial charge >= 0.3 is 5.97 Å². The molecule has 5 N–H and O–H groups in total. The van der Waals surface area contributed by atoms with Crippen LogP contribution in [0.3, 0.4) is 0 Å². The number of ether oxygens (including phenoxy) is 2. The fourth-order valence-electron chi connectivity index (χ4n) is 4.14. The minimum absolute atomic E-state index is 0.229. The van der Waals surface area contributed by atoms with Crippen molar-refractivity contribution in [1.82, 2.24) is 10.6 Å². The normalized spacial score (nSPS) is 36.2. The standard InChI is InChI=1S/C20H35ClN2O7S/c1-10(21)14(18-16(26)15(25)17(27)20(30-18)31-3)23-19(28)12-6-4-11(8-9-22-12)5-7-13(24)29-2/h10-12,14-18,20,22,25-27H,4-9H2,1-3H3,(H,23,28)/t10-,11-,12-,14+,15?,16?,17+,18+,20?/m0/s1. The summed E-state index contributed by atoms with van der Waals surface area (Å²) in [6, 6.07) is -1.20. The molecule has 2 aliphatic rings. The molecule has 2 heterocycles. The molecule has 1 amide bonds. The molecule has 0 aromatic carbocycles. The number of alkyl halides is 1. The molecule has 0 aromatic heterocycles. The zero-order valence-corrected chi connectivity index (χ0v) is 19.8. The Balaban J connectivity index is 1.98. The Morgan fingerprint density at radius 2 is 1.94 bits per heavy atom. The third-order valence-electron chi connectivity index (χ3n) is 6.10. The van der Waals surface area contributed by atoms with Gasteiger partial charge in [0, 0.05) is 6.42 Å². The average Bonchev–Trinajstić information content (AvgIpc) is 3.00. The fraction of sp³-hybridized carbons (Fsp3) is 0.900. The van der Waals surface area contributed by atoms with E-state index in [-0.39, 0.29) is 11.9 Å². The molecule has 3 unspecified atom stereocenters. The lowest BCUT2D eigenvalue weighted by Crippen LogP contribution is -2.65. The molecular formula is C20H35ClN2O7S. The second kappa shape index (κ2) is 12.6. The minimum Gasteiger partial charge on any atom is -0.469 e. The molecule has 180 valence electrons. The Morgan fingerprint density at radius 1 is 1.23 bits per heavy atom. The van der Waals surface area contributed by atoms with E-state index in [4.69, 9.17) is 21.1 Å². The molecule has 0 radical (unpaired) electrons. The van der Waals surface area contributed by atoms with E-state index in [0.29, 0.717) is 25.3 Å². The maximum atomic E-state index is 13.0. The molecule has 2 rings (SSSR count). The number of aliphatic hydroxyl groups excluding tert-OH is 3. The van der Waals surface area contributed by atoms with Gasteiger partial charge in [0.1, 0.15) is 29.9 Å². The van der Waals surface area contributed by atoms with Gasteiger partial charge < -0.3 is 35.4 Å². The largest absolute Gasteiger partial charge is 0.469 e. The van der Waals surface area contributed by atoms with Gasteiger partial charge in [-0.3, -0.25) is 9.59 Å². The summed E-state index contributed by atoms with van der Waals surface area (Å²) in [5, 5.41) is 36.3. The van der Waals surface area contributed by atoms with Crippen LogP contribution in [0.15, 0.2) is 0 Å². The lowest BCUT2D eigenvalue weighted by atomic mass is 9.92. The Bertz CT molecular complexity index is 598. The van der Waals surface area contributed by atoms with Crippen molar-refractivity contribution in [2.24, 2.45) is 5.92 Å². The van der Waals surface area contributed by atoms with Gasteiger partial charge in [-0.1, -0.05) is 0 Å². The number of hydrogen-bond donors (Lipinski definition) is 5. The molecule has 9 nitrogen and oxygen atoms in total. The van der Waals surface area contributed by atoms with Gasteiger partial charge in [-0.25, -0.2) is 0 Å². The topological polar surface area (TPSA) is 137 Å². The molecule has 9 atom stereocenters. The molecule has 0 aromatic rings. The number of carbonyl (C=O) groups is 2. The summed E-state index contributed by atoms with van der Waals surface area (Å²) in [6.07, 6.45) is 0.0642. The number of carbonyl (C=O) groups excluding carboxylic acids is 2. The number of nitrogens with one attached hydrogen (secondary N) is 2. The summed E-state index contributed by atoms with van der Waals surface area (Å²) in [6.45, 7) is 2.32. The lowest BCUT2D eigenvalue weighted by Gasteiger charge is -2.44. The van der Waals surface area contributed by atoms with E-state index in [9.17, 15) is 24.9 Å². The maximum Gasteiger partial charge on any atom is 0.305 e. The van der Waals surface area contributed by atoms with Gasteiger partial charge in [0.25, 0.3) is 0 Å². The first-order valence-corrected chi connectivity index (χ1v) is 12.4. The van der Waals surface area contributed by atoms with Crippen LogP contribution in [0.2, 0.25) is 0 Å². The van der Waals surface area contributed by atoms with Gasteiger partial charge in [0.15, 0.2) is 0 Å². The van der Waals surface area contributed by atoms with Crippen LogP contribution < -0.4 is 10.6 Å². The highest BCUT2D eigenvalue weighted by molar-refractivity contribution is 7.99. The molecular weight excluding hydrogens is 448 g/mol. The van der Waals surface area contributed by atoms with E-state index in [1.54, 1.807) is 13.2 Å². The molecule has 0 aliphatic carbocycles. The van der Waals surface area contributed by atoms with Crippen molar-refractivity contribution >= 4 is 35.2 Å². The van der Waals surface area contributed by atoms with E-state index >= 15 is 0 Å². The highest BCUT2D eigenvalue weighted by atomic mass is 35.5. The van der Waals surface area contributed by atoms with Gasteiger partial charge in [0.2, 0.25) is 5.91 Å². The van der Waals surface area contributed by atoms with Crippen LogP contribution in [0.1, 0.15) is 39.0 Å². The predicted molar refractivity (Wildman–Crippen MR) is 118 cm³/mol. The number of amides is 1. The molecule has 0 bridgehead atoms. The second-order valence-electron chi connectivity index (χ2n) is 8.24. The van der Waals surface area contributed by atoms with Crippen molar-refractivity contribution in [3.8, 4) is 0 Å². The first kappa shape index (κ1) is 26.6. The maximum absolute atomic E-state index is 13.0. The molecule has 31 heavy (non-hydrogen) atoms. The number of halogens is 1. The summed E-state index contributed by atoms with van der Waals surface area (Å²) >= 11 is 7.53. The Kier molecular flexibility index (Phi) is 10.8. The van der Waals surface area contributed by atoms with Crippen molar-refractivity contribution in [1.29, 1.82) is 0 Å². The number of hydrogen-bond acceptors (Lipinski definition) is 9. The third kappa shape index (κ3) is 7.18. The van der Waals surface area contributed by atoms with Gasteiger partial charge in [-0.2, -0.15) is 0 Å².